The first-order valence-corrected chi connectivity index (χ1v) is 24.3. The van der Waals surface area contributed by atoms with Crippen molar-refractivity contribution in [3.8, 4) is 17.4 Å². The number of nitrogens with zero attached hydrogens (tertiary/aromatic N) is 5. The summed E-state index contributed by atoms with van der Waals surface area (Å²) in [5.41, 5.74) is 20.5. The molecule has 0 aliphatic carbocycles. The van der Waals surface area contributed by atoms with Crippen LogP contribution in [-0.4, -0.2) is 18.3 Å². The summed E-state index contributed by atoms with van der Waals surface area (Å²) < 4.78 is 9.88. The van der Waals surface area contributed by atoms with Gasteiger partial charge in [0.05, 0.1) is 33.4 Å². The predicted molar refractivity (Wildman–Crippen MR) is 290 cm³/mol. The van der Waals surface area contributed by atoms with E-state index in [4.69, 9.17) is 0 Å². The molecule has 0 aliphatic rings. The maximum absolute atomic E-state index is 12.2. The first-order valence-electron chi connectivity index (χ1n) is 24.3. The Morgan fingerprint density at radius 3 is 0.928 bits per heavy atom. The van der Waals surface area contributed by atoms with E-state index in [-0.39, 0.29) is 0 Å². The van der Waals surface area contributed by atoms with Gasteiger partial charge in [-0.25, -0.2) is 0 Å². The molecule has 9 aromatic carbocycles. The molecule has 4 aromatic heterocycles. The highest BCUT2D eigenvalue weighted by molar-refractivity contribution is 6.12. The summed E-state index contributed by atoms with van der Waals surface area (Å²) in [4.78, 5) is 0. The normalized spacial score (nSPS) is 12.1. The van der Waals surface area contributed by atoms with Crippen molar-refractivity contribution >= 4 is 87.2 Å². The van der Waals surface area contributed by atoms with E-state index in [9.17, 15) is 5.26 Å². The van der Waals surface area contributed by atoms with Gasteiger partial charge in [-0.2, -0.15) is 5.26 Å². The smallest absolute Gasteiger partial charge is 0.104 e. The van der Waals surface area contributed by atoms with Gasteiger partial charge in [0.2, 0.25) is 0 Å². The minimum Gasteiger partial charge on any atom is -0.340 e. The van der Waals surface area contributed by atoms with E-state index in [2.05, 4.69) is 229 Å². The van der Waals surface area contributed by atoms with Crippen LogP contribution >= 0.6 is 0 Å². The maximum atomic E-state index is 12.2. The molecule has 0 amide bonds. The van der Waals surface area contributed by atoms with Crippen molar-refractivity contribution in [1.82, 2.24) is 18.3 Å². The number of fused-ring (bicyclic) bond motifs is 12. The molecule has 332 valence electrons. The third-order valence-electron chi connectivity index (χ3n) is 15.2. The van der Waals surface area contributed by atoms with Crippen LogP contribution in [0.2, 0.25) is 0 Å². The molecule has 0 saturated heterocycles. The van der Waals surface area contributed by atoms with Gasteiger partial charge in [0.15, 0.2) is 0 Å². The van der Waals surface area contributed by atoms with Gasteiger partial charge >= 0.3 is 0 Å². The zero-order valence-corrected chi connectivity index (χ0v) is 39.7. The molecular weight excluding hydrogens is 839 g/mol. The summed E-state index contributed by atoms with van der Waals surface area (Å²) in [6.45, 7) is 12.6. The van der Waals surface area contributed by atoms with Gasteiger partial charge in [0.25, 0.3) is 0 Å². The second-order valence-electron chi connectivity index (χ2n) is 19.4. The van der Waals surface area contributed by atoms with E-state index in [1.54, 1.807) is 0 Å². The Balaban J connectivity index is 1.14. The average Bonchev–Trinajstić information content (AvgIpc) is 4.07. The molecule has 0 atom stereocenters. The molecule has 0 radical (unpaired) electrons. The first kappa shape index (κ1) is 40.9. The SMILES string of the molecule is Cc1ccc2c(c1)c1cc(C)ccc1n2CCc1c(C)c(CCn2c3ccc(C)cc3c3cc(C)ccc32)c(-n2c3ccccc3c3ccccc32)c(C#N)c1-n1c2ccccc2c2ccccc21. The molecule has 5 heteroatoms. The third-order valence-corrected chi connectivity index (χ3v) is 15.2. The minimum atomic E-state index is 0.686. The number of aryl methyl sites for hydroxylation is 6. The number of aromatic nitrogens is 4. The van der Waals surface area contributed by atoms with Gasteiger partial charge in [-0.15, -0.1) is 0 Å². The molecule has 0 unspecified atom stereocenters. The first-order chi connectivity index (χ1) is 33.8. The van der Waals surface area contributed by atoms with Gasteiger partial charge in [0, 0.05) is 78.2 Å². The van der Waals surface area contributed by atoms with Crippen molar-refractivity contribution in [3.05, 3.63) is 214 Å². The number of nitriles is 1. The molecule has 0 aliphatic heterocycles. The lowest BCUT2D eigenvalue weighted by Gasteiger charge is -2.26. The van der Waals surface area contributed by atoms with Gasteiger partial charge < -0.3 is 18.3 Å². The lowest BCUT2D eigenvalue weighted by Crippen LogP contribution is -2.16. The van der Waals surface area contributed by atoms with Crippen molar-refractivity contribution in [1.29, 1.82) is 5.26 Å². The van der Waals surface area contributed by atoms with E-state index in [1.807, 2.05) is 0 Å². The highest BCUT2D eigenvalue weighted by atomic mass is 15.0. The number of para-hydroxylation sites is 4. The topological polar surface area (TPSA) is 43.5 Å². The summed E-state index contributed by atoms with van der Waals surface area (Å²) in [6, 6.07) is 65.4. The third kappa shape index (κ3) is 6.15. The molecule has 13 rings (SSSR count). The van der Waals surface area contributed by atoms with Crippen molar-refractivity contribution < 1.29 is 0 Å². The van der Waals surface area contributed by atoms with E-state index < -0.39 is 0 Å². The van der Waals surface area contributed by atoms with E-state index in [0.29, 0.717) is 18.4 Å². The Hall–Kier alpha value is -8.33. The van der Waals surface area contributed by atoms with Crippen LogP contribution < -0.4 is 0 Å². The molecule has 0 spiro atoms. The molecular formula is C64H51N5. The summed E-state index contributed by atoms with van der Waals surface area (Å²) >= 11 is 0. The molecule has 0 N–H and O–H groups in total. The van der Waals surface area contributed by atoms with Crippen LogP contribution in [0.5, 0.6) is 0 Å². The van der Waals surface area contributed by atoms with Gasteiger partial charge in [-0.1, -0.05) is 119 Å². The number of hydrogen-bond donors (Lipinski definition) is 0. The Kier molecular flexibility index (Phi) is 9.26. The summed E-state index contributed by atoms with van der Waals surface area (Å²) in [7, 11) is 0. The van der Waals surface area contributed by atoms with Gasteiger partial charge in [0.1, 0.15) is 11.6 Å². The van der Waals surface area contributed by atoms with Crippen LogP contribution in [0.25, 0.3) is 98.6 Å². The maximum Gasteiger partial charge on any atom is 0.104 e. The molecule has 69 heavy (non-hydrogen) atoms. The van der Waals surface area contributed by atoms with E-state index in [1.165, 1.54) is 104 Å². The Morgan fingerprint density at radius 1 is 0.348 bits per heavy atom. The standard InChI is InChI=1S/C64H51N5/c1-39-22-26-55-50(34-39)51-35-40(2)23-27-56(51)66(55)32-30-44-43(5)45(31-33-67-57-28-24-41(3)36-52(57)53-37-42(4)25-29-58(53)67)64(69-61-20-12-8-16-48(61)49-17-9-13-21-62(49)69)54(38-65)63(44)68-59-18-10-6-14-46(59)47-15-7-11-19-60(47)68/h6-29,34-37H,30-33H2,1-5H3. The quantitative estimate of drug-likeness (QED) is 0.150. The van der Waals surface area contributed by atoms with Crippen LogP contribution in [0.3, 0.4) is 0 Å². The van der Waals surface area contributed by atoms with Gasteiger partial charge in [-0.05, 0) is 137 Å². The molecule has 4 heterocycles. The van der Waals surface area contributed by atoms with Crippen molar-refractivity contribution in [2.24, 2.45) is 0 Å². The van der Waals surface area contributed by atoms with Crippen molar-refractivity contribution in [2.75, 3.05) is 0 Å². The van der Waals surface area contributed by atoms with Crippen LogP contribution in [0.15, 0.2) is 170 Å². The lowest BCUT2D eigenvalue weighted by atomic mass is 9.89. The molecule has 0 fully saturated rings. The van der Waals surface area contributed by atoms with Crippen molar-refractivity contribution in [3.63, 3.8) is 0 Å². The molecule has 0 saturated carbocycles. The largest absolute Gasteiger partial charge is 0.340 e. The average molecular weight is 890 g/mol. The molecule has 13 aromatic rings. The van der Waals surface area contributed by atoms with Crippen LogP contribution in [-0.2, 0) is 25.9 Å². The lowest BCUT2D eigenvalue weighted by molar-refractivity contribution is 0.721. The van der Waals surface area contributed by atoms with E-state index >= 15 is 0 Å². The minimum absolute atomic E-state index is 0.686. The number of benzene rings is 9. The van der Waals surface area contributed by atoms with Crippen LogP contribution in [0.1, 0.15) is 44.5 Å². The van der Waals surface area contributed by atoms with E-state index in [0.717, 1.165) is 46.5 Å². The molecule has 5 nitrogen and oxygen atoms in total. The Labute approximate surface area is 401 Å². The number of rotatable bonds is 8. The Bertz CT molecular complexity index is 3830. The zero-order valence-electron chi connectivity index (χ0n) is 39.7. The Morgan fingerprint density at radius 2 is 0.638 bits per heavy atom. The fraction of sp³-hybridized carbons (Fsp3) is 0.141. The summed E-state index contributed by atoms with van der Waals surface area (Å²) in [5, 5.41) is 22.0. The molecule has 0 bridgehead atoms. The van der Waals surface area contributed by atoms with Crippen LogP contribution in [0, 0.1) is 45.9 Å². The second kappa shape index (κ2) is 15.6. The predicted octanol–water partition coefficient (Wildman–Crippen LogP) is 16.0. The monoisotopic (exact) mass is 889 g/mol. The highest BCUT2D eigenvalue weighted by Gasteiger charge is 2.29. The summed E-state index contributed by atoms with van der Waals surface area (Å²) in [5.74, 6) is 0. The van der Waals surface area contributed by atoms with Crippen molar-refractivity contribution in [2.45, 2.75) is 60.5 Å². The fourth-order valence-corrected chi connectivity index (χ4v) is 12.1. The fourth-order valence-electron chi connectivity index (χ4n) is 12.1. The van der Waals surface area contributed by atoms with Crippen LogP contribution in [0.4, 0.5) is 0 Å². The van der Waals surface area contributed by atoms with Gasteiger partial charge in [-0.3, -0.25) is 0 Å². The number of hydrogen-bond acceptors (Lipinski definition) is 1. The zero-order chi connectivity index (χ0) is 46.7. The highest BCUT2D eigenvalue weighted by Crippen LogP contribution is 2.44. The second-order valence-corrected chi connectivity index (χ2v) is 19.4. The summed E-state index contributed by atoms with van der Waals surface area (Å²) in [6.07, 6.45) is 1.43.